The Morgan fingerprint density at radius 3 is 1.63 bits per heavy atom. The molecule has 0 atom stereocenters. The summed E-state index contributed by atoms with van der Waals surface area (Å²) in [5, 5.41) is 3.36. The number of rotatable bonds is 2. The lowest BCUT2D eigenvalue weighted by atomic mass is 9.91. The molecule has 19 heavy (non-hydrogen) atoms. The van der Waals surface area contributed by atoms with Gasteiger partial charge in [0, 0.05) is 5.41 Å². The number of allylic oxidation sites excluding steroid dienone is 6. The molecule has 0 bridgehead atoms. The van der Waals surface area contributed by atoms with Crippen LogP contribution in [0.5, 0.6) is 0 Å². The van der Waals surface area contributed by atoms with E-state index in [-0.39, 0.29) is 5.41 Å². The first-order valence-electron chi connectivity index (χ1n) is 7.40. The van der Waals surface area contributed by atoms with Crippen molar-refractivity contribution in [1.82, 2.24) is 0 Å². The standard InChI is InChI=1S/C17H32Si2/c1-13-11-17(3,4)12-15(18(5,6)7)14(2)16(13)19(8,9)10/h11-12H,1-10H3. The zero-order chi connectivity index (χ0) is 15.2. The molecule has 0 radical (unpaired) electrons. The Kier molecular flexibility index (Phi) is 4.30. The van der Waals surface area contributed by atoms with E-state index in [1.807, 2.05) is 0 Å². The van der Waals surface area contributed by atoms with Gasteiger partial charge in [0.05, 0.1) is 16.1 Å². The van der Waals surface area contributed by atoms with Crippen LogP contribution in [0.15, 0.2) is 33.7 Å². The van der Waals surface area contributed by atoms with Gasteiger partial charge in [-0.05, 0) is 13.8 Å². The van der Waals surface area contributed by atoms with Gasteiger partial charge in [-0.15, -0.1) is 0 Å². The van der Waals surface area contributed by atoms with Gasteiger partial charge in [-0.2, -0.15) is 0 Å². The van der Waals surface area contributed by atoms with Gasteiger partial charge < -0.3 is 0 Å². The molecular formula is C17H32Si2. The largest absolute Gasteiger partial charge is 0.0782 e. The molecule has 0 unspecified atom stereocenters. The molecular weight excluding hydrogens is 260 g/mol. The molecule has 0 nitrogen and oxygen atoms in total. The van der Waals surface area contributed by atoms with Crippen LogP contribution in [0.4, 0.5) is 0 Å². The summed E-state index contributed by atoms with van der Waals surface area (Å²) in [6.45, 7) is 24.2. The van der Waals surface area contributed by atoms with E-state index in [2.05, 4.69) is 79.1 Å². The van der Waals surface area contributed by atoms with Gasteiger partial charge in [-0.3, -0.25) is 0 Å². The van der Waals surface area contributed by atoms with Crippen molar-refractivity contribution in [1.29, 1.82) is 0 Å². The lowest BCUT2D eigenvalue weighted by Crippen LogP contribution is -2.30. The van der Waals surface area contributed by atoms with E-state index in [0.29, 0.717) is 0 Å². The first kappa shape index (κ1) is 16.7. The van der Waals surface area contributed by atoms with E-state index in [0.717, 1.165) is 0 Å². The predicted octanol–water partition coefficient (Wildman–Crippen LogP) is 5.97. The molecule has 0 spiro atoms. The quantitative estimate of drug-likeness (QED) is 0.550. The van der Waals surface area contributed by atoms with Gasteiger partial charge >= 0.3 is 0 Å². The molecule has 0 fully saturated rings. The van der Waals surface area contributed by atoms with Crippen molar-refractivity contribution in [2.24, 2.45) is 5.41 Å². The van der Waals surface area contributed by atoms with E-state index < -0.39 is 16.1 Å². The van der Waals surface area contributed by atoms with E-state index in [9.17, 15) is 0 Å². The van der Waals surface area contributed by atoms with E-state index in [1.54, 1.807) is 16.0 Å². The molecule has 0 aromatic carbocycles. The Hall–Kier alpha value is -0.346. The summed E-state index contributed by atoms with van der Waals surface area (Å²) >= 11 is 0. The molecule has 108 valence electrons. The zero-order valence-electron chi connectivity index (χ0n) is 14.7. The third-order valence-electron chi connectivity index (χ3n) is 3.84. The Bertz CT molecular complexity index is 460. The van der Waals surface area contributed by atoms with Crippen molar-refractivity contribution in [3.8, 4) is 0 Å². The third-order valence-corrected chi connectivity index (χ3v) is 8.24. The maximum atomic E-state index is 2.55. The second-order valence-corrected chi connectivity index (χ2v) is 18.7. The fraction of sp³-hybridized carbons (Fsp3) is 0.647. The summed E-state index contributed by atoms with van der Waals surface area (Å²) in [7, 11) is -2.60. The lowest BCUT2D eigenvalue weighted by Gasteiger charge is -2.29. The van der Waals surface area contributed by atoms with Crippen molar-refractivity contribution in [2.45, 2.75) is 67.0 Å². The Morgan fingerprint density at radius 2 is 1.26 bits per heavy atom. The minimum absolute atomic E-state index is 0.183. The van der Waals surface area contributed by atoms with Crippen molar-refractivity contribution < 1.29 is 0 Å². The lowest BCUT2D eigenvalue weighted by molar-refractivity contribution is 0.621. The predicted molar refractivity (Wildman–Crippen MR) is 95.0 cm³/mol. The van der Waals surface area contributed by atoms with Crippen LogP contribution in [0, 0.1) is 5.41 Å². The number of hydrogen-bond donors (Lipinski definition) is 0. The Morgan fingerprint density at radius 1 is 0.789 bits per heavy atom. The SMILES string of the molecule is CC1=CC(C)(C)C=C([Si](C)(C)C)C(C)=C1[Si](C)(C)C. The number of hydrogen-bond acceptors (Lipinski definition) is 0. The van der Waals surface area contributed by atoms with Crippen LogP contribution in [0.25, 0.3) is 0 Å². The molecule has 2 heteroatoms. The Labute approximate surface area is 122 Å². The molecule has 1 aliphatic rings. The summed E-state index contributed by atoms with van der Waals surface area (Å²) in [4.78, 5) is 0. The summed E-state index contributed by atoms with van der Waals surface area (Å²) in [5.74, 6) is 0. The highest BCUT2D eigenvalue weighted by molar-refractivity contribution is 6.86. The van der Waals surface area contributed by atoms with E-state index >= 15 is 0 Å². The van der Waals surface area contributed by atoms with Crippen LogP contribution in [-0.2, 0) is 0 Å². The second kappa shape index (κ2) is 4.89. The van der Waals surface area contributed by atoms with E-state index in [1.165, 1.54) is 5.57 Å². The van der Waals surface area contributed by atoms with E-state index in [4.69, 9.17) is 0 Å². The topological polar surface area (TPSA) is 0 Å². The average molecular weight is 293 g/mol. The fourth-order valence-corrected chi connectivity index (χ4v) is 8.21. The van der Waals surface area contributed by atoms with Crippen LogP contribution in [0.3, 0.4) is 0 Å². The molecule has 0 aromatic rings. The van der Waals surface area contributed by atoms with Crippen molar-refractivity contribution in [3.63, 3.8) is 0 Å². The van der Waals surface area contributed by atoms with Gasteiger partial charge in [0.1, 0.15) is 0 Å². The second-order valence-electron chi connectivity index (χ2n) is 8.71. The first-order valence-corrected chi connectivity index (χ1v) is 14.4. The summed E-state index contributed by atoms with van der Waals surface area (Å²) in [6.07, 6.45) is 5.03. The molecule has 1 aliphatic carbocycles. The van der Waals surface area contributed by atoms with Crippen LogP contribution in [0.1, 0.15) is 27.7 Å². The summed E-state index contributed by atoms with van der Waals surface area (Å²) in [6, 6.07) is 0. The van der Waals surface area contributed by atoms with Gasteiger partial charge in [0.15, 0.2) is 0 Å². The molecule has 0 heterocycles. The average Bonchev–Trinajstić information content (AvgIpc) is 2.16. The summed E-state index contributed by atoms with van der Waals surface area (Å²) < 4.78 is 0. The van der Waals surface area contributed by atoms with Crippen molar-refractivity contribution in [3.05, 3.63) is 33.7 Å². The van der Waals surface area contributed by atoms with Gasteiger partial charge in [0.25, 0.3) is 0 Å². The molecule has 1 rings (SSSR count). The highest BCUT2D eigenvalue weighted by Crippen LogP contribution is 2.40. The first-order chi connectivity index (χ1) is 8.26. The normalized spacial score (nSPS) is 20.9. The van der Waals surface area contributed by atoms with Crippen LogP contribution < -0.4 is 0 Å². The van der Waals surface area contributed by atoms with Crippen LogP contribution in [-0.4, -0.2) is 16.1 Å². The van der Waals surface area contributed by atoms with Gasteiger partial charge in [-0.1, -0.05) is 86.8 Å². The molecule has 0 aromatic heterocycles. The molecule has 0 saturated heterocycles. The third kappa shape index (κ3) is 3.82. The minimum Gasteiger partial charge on any atom is -0.0756 e. The van der Waals surface area contributed by atoms with Gasteiger partial charge in [-0.25, -0.2) is 0 Å². The van der Waals surface area contributed by atoms with Crippen molar-refractivity contribution >= 4 is 16.1 Å². The summed E-state index contributed by atoms with van der Waals surface area (Å²) in [5.41, 5.74) is 3.30. The smallest absolute Gasteiger partial charge is 0.0756 e. The van der Waals surface area contributed by atoms with Crippen LogP contribution >= 0.6 is 0 Å². The highest BCUT2D eigenvalue weighted by atomic mass is 28.3. The molecule has 0 aliphatic heterocycles. The molecule has 0 N–H and O–H groups in total. The maximum absolute atomic E-state index is 2.55. The molecule has 0 saturated carbocycles. The Balaban J connectivity index is 3.65. The zero-order valence-corrected chi connectivity index (χ0v) is 16.7. The maximum Gasteiger partial charge on any atom is 0.0782 e. The highest BCUT2D eigenvalue weighted by Gasteiger charge is 2.32. The van der Waals surface area contributed by atoms with Gasteiger partial charge in [0.2, 0.25) is 0 Å². The fourth-order valence-electron chi connectivity index (χ4n) is 3.52. The minimum atomic E-state index is -1.31. The monoisotopic (exact) mass is 292 g/mol. The van der Waals surface area contributed by atoms with Crippen molar-refractivity contribution in [2.75, 3.05) is 0 Å². The molecule has 0 amide bonds. The van der Waals surface area contributed by atoms with Crippen LogP contribution in [0.2, 0.25) is 39.3 Å².